The molecule has 1 aliphatic rings. The van der Waals surface area contributed by atoms with Crippen molar-refractivity contribution in [2.24, 2.45) is 0 Å². The Labute approximate surface area is 160 Å². The molecule has 5 heteroatoms. The van der Waals surface area contributed by atoms with Gasteiger partial charge in [0.2, 0.25) is 5.91 Å². The van der Waals surface area contributed by atoms with E-state index in [2.05, 4.69) is 17.4 Å². The van der Waals surface area contributed by atoms with Crippen molar-refractivity contribution in [3.63, 3.8) is 0 Å². The molecular formula is C22H28FN2O2+. The Balaban J connectivity index is 1.67. The predicted molar refractivity (Wildman–Crippen MR) is 103 cm³/mol. The molecule has 0 aromatic heterocycles. The lowest BCUT2D eigenvalue weighted by Gasteiger charge is -2.32. The van der Waals surface area contributed by atoms with Crippen molar-refractivity contribution in [3.8, 4) is 5.75 Å². The maximum absolute atomic E-state index is 13.8. The number of ether oxygens (including phenoxy) is 1. The molecule has 27 heavy (non-hydrogen) atoms. The minimum atomic E-state index is -0.332. The van der Waals surface area contributed by atoms with E-state index in [0.29, 0.717) is 12.1 Å². The van der Waals surface area contributed by atoms with Gasteiger partial charge < -0.3 is 15.0 Å². The van der Waals surface area contributed by atoms with Crippen LogP contribution in [0.2, 0.25) is 0 Å². The van der Waals surface area contributed by atoms with E-state index in [-0.39, 0.29) is 24.2 Å². The van der Waals surface area contributed by atoms with Gasteiger partial charge in [0.25, 0.3) is 0 Å². The third-order valence-electron chi connectivity index (χ3n) is 5.32. The first-order valence-electron chi connectivity index (χ1n) is 9.66. The van der Waals surface area contributed by atoms with Gasteiger partial charge in [0.1, 0.15) is 17.6 Å². The van der Waals surface area contributed by atoms with Gasteiger partial charge in [-0.2, -0.15) is 0 Å². The minimum Gasteiger partial charge on any atom is -0.497 e. The molecule has 0 aliphatic carbocycles. The molecule has 1 fully saturated rings. The first-order valence-corrected chi connectivity index (χ1v) is 9.66. The SMILES string of the molecule is COc1ccc([C@@H](CNC(=O)Cc2ccccc2F)[NH+]2CCCCC2)cc1. The summed E-state index contributed by atoms with van der Waals surface area (Å²) in [6, 6.07) is 14.7. The number of hydrogen-bond acceptors (Lipinski definition) is 2. The van der Waals surface area contributed by atoms with Gasteiger partial charge in [-0.1, -0.05) is 18.2 Å². The van der Waals surface area contributed by atoms with E-state index in [1.165, 1.54) is 35.8 Å². The molecule has 1 aliphatic heterocycles. The minimum absolute atomic E-state index is 0.0668. The number of hydrogen-bond donors (Lipinski definition) is 2. The topological polar surface area (TPSA) is 42.8 Å². The molecule has 2 aromatic rings. The lowest BCUT2D eigenvalue weighted by atomic mass is 10.0. The van der Waals surface area contributed by atoms with E-state index in [1.807, 2.05) is 12.1 Å². The molecule has 0 bridgehead atoms. The molecule has 2 aromatic carbocycles. The van der Waals surface area contributed by atoms with E-state index in [9.17, 15) is 9.18 Å². The fourth-order valence-electron chi connectivity index (χ4n) is 3.78. The summed E-state index contributed by atoms with van der Waals surface area (Å²) in [5, 5.41) is 3.03. The number of carbonyl (C=O) groups is 1. The van der Waals surface area contributed by atoms with E-state index in [0.717, 1.165) is 18.8 Å². The fraction of sp³-hybridized carbons (Fsp3) is 0.409. The Morgan fingerprint density at radius 1 is 1.11 bits per heavy atom. The number of piperidine rings is 1. The van der Waals surface area contributed by atoms with Crippen LogP contribution in [0.15, 0.2) is 48.5 Å². The Hall–Kier alpha value is -2.40. The average molecular weight is 371 g/mol. The smallest absolute Gasteiger partial charge is 0.224 e. The first kappa shape index (κ1) is 19.4. The molecule has 0 saturated carbocycles. The number of halogens is 1. The normalized spacial score (nSPS) is 15.9. The van der Waals surface area contributed by atoms with Gasteiger partial charge in [-0.15, -0.1) is 0 Å². The van der Waals surface area contributed by atoms with Crippen molar-refractivity contribution in [2.75, 3.05) is 26.7 Å². The maximum Gasteiger partial charge on any atom is 0.224 e. The van der Waals surface area contributed by atoms with Crippen molar-refractivity contribution in [1.82, 2.24) is 5.32 Å². The largest absolute Gasteiger partial charge is 0.497 e. The summed E-state index contributed by atoms with van der Waals surface area (Å²) in [5.41, 5.74) is 1.63. The molecule has 1 saturated heterocycles. The van der Waals surface area contributed by atoms with Crippen LogP contribution in [0.5, 0.6) is 5.75 Å². The monoisotopic (exact) mass is 371 g/mol. The third-order valence-corrected chi connectivity index (χ3v) is 5.32. The molecule has 2 N–H and O–H groups in total. The van der Waals surface area contributed by atoms with Crippen molar-refractivity contribution in [2.45, 2.75) is 31.7 Å². The van der Waals surface area contributed by atoms with Gasteiger partial charge in [0.05, 0.1) is 33.2 Å². The number of carbonyl (C=O) groups excluding carboxylic acids is 1. The van der Waals surface area contributed by atoms with Crippen LogP contribution in [-0.2, 0) is 11.2 Å². The van der Waals surface area contributed by atoms with Crippen LogP contribution in [0.4, 0.5) is 4.39 Å². The van der Waals surface area contributed by atoms with Crippen molar-refractivity contribution >= 4 is 5.91 Å². The van der Waals surface area contributed by atoms with E-state index >= 15 is 0 Å². The second-order valence-electron chi connectivity index (χ2n) is 7.12. The van der Waals surface area contributed by atoms with Crippen LogP contribution in [-0.4, -0.2) is 32.7 Å². The lowest BCUT2D eigenvalue weighted by molar-refractivity contribution is -0.935. The highest BCUT2D eigenvalue weighted by atomic mass is 19.1. The fourth-order valence-corrected chi connectivity index (χ4v) is 3.78. The number of nitrogens with one attached hydrogen (secondary N) is 2. The summed E-state index contributed by atoms with van der Waals surface area (Å²) in [7, 11) is 1.66. The molecular weight excluding hydrogens is 343 g/mol. The quantitative estimate of drug-likeness (QED) is 0.784. The van der Waals surface area contributed by atoms with Crippen molar-refractivity contribution in [1.29, 1.82) is 0 Å². The molecule has 1 atom stereocenters. The van der Waals surface area contributed by atoms with Gasteiger partial charge in [-0.3, -0.25) is 4.79 Å². The molecule has 1 heterocycles. The number of rotatable bonds is 7. The zero-order valence-electron chi connectivity index (χ0n) is 15.8. The van der Waals surface area contributed by atoms with Gasteiger partial charge >= 0.3 is 0 Å². The molecule has 0 radical (unpaired) electrons. The number of quaternary nitrogens is 1. The molecule has 0 spiro atoms. The van der Waals surface area contributed by atoms with Crippen LogP contribution >= 0.6 is 0 Å². The standard InChI is InChI=1S/C22H27FN2O2/c1-27-19-11-9-17(10-12-19)21(25-13-5-2-6-14-25)16-24-22(26)15-18-7-3-4-8-20(18)23/h3-4,7-12,21H,2,5-6,13-16H2,1H3,(H,24,26)/p+1/t21-/m1/s1. The highest BCUT2D eigenvalue weighted by Gasteiger charge is 2.26. The number of benzene rings is 2. The van der Waals surface area contributed by atoms with Gasteiger partial charge in [-0.25, -0.2) is 4.39 Å². The Morgan fingerprint density at radius 2 is 1.81 bits per heavy atom. The van der Waals surface area contributed by atoms with Gasteiger partial charge in [-0.05, 0) is 55.2 Å². The zero-order chi connectivity index (χ0) is 19.1. The van der Waals surface area contributed by atoms with Crippen LogP contribution in [0, 0.1) is 5.82 Å². The second-order valence-corrected chi connectivity index (χ2v) is 7.12. The van der Waals surface area contributed by atoms with Crippen molar-refractivity contribution in [3.05, 3.63) is 65.5 Å². The van der Waals surface area contributed by atoms with E-state index in [1.54, 1.807) is 25.3 Å². The van der Waals surface area contributed by atoms with Crippen LogP contribution in [0.25, 0.3) is 0 Å². The van der Waals surface area contributed by atoms with Crippen molar-refractivity contribution < 1.29 is 18.8 Å². The number of amides is 1. The first-order chi connectivity index (χ1) is 13.2. The summed E-state index contributed by atoms with van der Waals surface area (Å²) >= 11 is 0. The van der Waals surface area contributed by atoms with Crippen LogP contribution in [0.3, 0.4) is 0 Å². The predicted octanol–water partition coefficient (Wildman–Crippen LogP) is 2.30. The molecule has 3 rings (SSSR count). The second kappa shape index (κ2) is 9.51. The maximum atomic E-state index is 13.8. The summed E-state index contributed by atoms with van der Waals surface area (Å²) in [4.78, 5) is 13.9. The Kier molecular flexibility index (Phi) is 6.82. The summed E-state index contributed by atoms with van der Waals surface area (Å²) in [5.74, 6) is 0.353. The summed E-state index contributed by atoms with van der Waals surface area (Å²) in [6.45, 7) is 2.77. The summed E-state index contributed by atoms with van der Waals surface area (Å²) < 4.78 is 19.0. The van der Waals surface area contributed by atoms with Crippen LogP contribution < -0.4 is 15.0 Å². The third kappa shape index (κ3) is 5.30. The molecule has 0 unspecified atom stereocenters. The average Bonchev–Trinajstić information content (AvgIpc) is 2.71. The van der Waals surface area contributed by atoms with Gasteiger partial charge in [0, 0.05) is 5.56 Å². The Morgan fingerprint density at radius 3 is 2.48 bits per heavy atom. The number of likely N-dealkylation sites (tertiary alicyclic amines) is 1. The van der Waals surface area contributed by atoms with E-state index in [4.69, 9.17) is 4.74 Å². The lowest BCUT2D eigenvalue weighted by Crippen LogP contribution is -3.13. The Bertz CT molecular complexity index is 742. The molecule has 144 valence electrons. The van der Waals surface area contributed by atoms with Crippen LogP contribution in [0.1, 0.15) is 36.4 Å². The molecule has 1 amide bonds. The van der Waals surface area contributed by atoms with Gasteiger partial charge in [0.15, 0.2) is 0 Å². The zero-order valence-corrected chi connectivity index (χ0v) is 15.8. The number of methoxy groups -OCH3 is 1. The summed E-state index contributed by atoms with van der Waals surface area (Å²) in [6.07, 6.45) is 3.77. The highest BCUT2D eigenvalue weighted by Crippen LogP contribution is 2.17. The van der Waals surface area contributed by atoms with E-state index < -0.39 is 0 Å². The molecule has 4 nitrogen and oxygen atoms in total. The highest BCUT2D eigenvalue weighted by molar-refractivity contribution is 5.78.